The van der Waals surface area contributed by atoms with Gasteiger partial charge in [-0.05, 0) is 54.5 Å². The van der Waals surface area contributed by atoms with E-state index < -0.39 is 0 Å². The molecule has 184 valence electrons. The van der Waals surface area contributed by atoms with Gasteiger partial charge in [-0.3, -0.25) is 4.40 Å². The Labute approximate surface area is 211 Å². The van der Waals surface area contributed by atoms with Crippen molar-refractivity contribution in [3.63, 3.8) is 0 Å². The number of nitrogens with zero attached hydrogens (tertiary/aromatic N) is 4. The summed E-state index contributed by atoms with van der Waals surface area (Å²) < 4.78 is 18.6. The zero-order valence-electron chi connectivity index (χ0n) is 21.0. The van der Waals surface area contributed by atoms with Crippen molar-refractivity contribution in [2.45, 2.75) is 45.4 Å². The van der Waals surface area contributed by atoms with E-state index in [0.717, 1.165) is 48.3 Å². The molecule has 5 nitrogen and oxygen atoms in total. The minimum absolute atomic E-state index is 0.326. The van der Waals surface area contributed by atoms with Crippen LogP contribution in [0.25, 0.3) is 28.0 Å². The predicted octanol–water partition coefficient (Wildman–Crippen LogP) is 7.31. The maximum Gasteiger partial charge on any atom is 0.150 e. The van der Waals surface area contributed by atoms with Crippen LogP contribution in [-0.4, -0.2) is 19.3 Å². The molecule has 6 heteroatoms. The summed E-state index contributed by atoms with van der Waals surface area (Å²) in [4.78, 5) is 11.1. The highest BCUT2D eigenvalue weighted by Crippen LogP contribution is 2.45. The molecule has 1 aliphatic carbocycles. The normalized spacial score (nSPS) is 19.6. The van der Waals surface area contributed by atoms with Crippen LogP contribution in [0, 0.1) is 11.7 Å². The van der Waals surface area contributed by atoms with E-state index in [-0.39, 0.29) is 5.82 Å². The number of benzene rings is 1. The first kappa shape index (κ1) is 23.8. The summed E-state index contributed by atoms with van der Waals surface area (Å²) in [5.74, 6) is 1.88. The second-order valence-corrected chi connectivity index (χ2v) is 9.73. The largest absolute Gasteiger partial charge is 0.382 e. The van der Waals surface area contributed by atoms with Gasteiger partial charge in [0.1, 0.15) is 28.7 Å². The number of halogens is 1. The Morgan fingerprint density at radius 1 is 1.25 bits per heavy atom. The monoisotopic (exact) mass is 481 g/mol. The van der Waals surface area contributed by atoms with Crippen LogP contribution in [0.3, 0.4) is 0 Å². The van der Waals surface area contributed by atoms with Crippen molar-refractivity contribution in [1.29, 1.82) is 0 Å². The molecule has 1 saturated carbocycles. The molecule has 0 spiro atoms. The molecule has 2 N–H and O–H groups in total. The summed E-state index contributed by atoms with van der Waals surface area (Å²) in [5.41, 5.74) is 11.6. The van der Waals surface area contributed by atoms with E-state index in [1.807, 2.05) is 39.9 Å². The Kier molecular flexibility index (Phi) is 6.12. The molecular formula is C30H32FN5. The van der Waals surface area contributed by atoms with Crippen molar-refractivity contribution in [1.82, 2.24) is 19.3 Å². The molecule has 0 amide bonds. The lowest BCUT2D eigenvalue weighted by Crippen LogP contribution is -2.21. The van der Waals surface area contributed by atoms with Gasteiger partial charge in [-0.2, -0.15) is 0 Å². The number of hydrogen-bond donors (Lipinski definition) is 1. The fourth-order valence-corrected chi connectivity index (χ4v) is 5.47. The number of hydrogen-bond acceptors (Lipinski definition) is 4. The number of fused-ring (bicyclic) bond motifs is 2. The number of allylic oxidation sites excluding steroid dienone is 4. The molecule has 1 aromatic carbocycles. The lowest BCUT2D eigenvalue weighted by Gasteiger charge is -2.32. The summed E-state index contributed by atoms with van der Waals surface area (Å²) in [5, 5.41) is 0. The molecule has 1 fully saturated rings. The van der Waals surface area contributed by atoms with Gasteiger partial charge in [-0.15, -0.1) is 0 Å². The van der Waals surface area contributed by atoms with Gasteiger partial charge in [0.2, 0.25) is 0 Å². The van der Waals surface area contributed by atoms with Crippen molar-refractivity contribution in [2.75, 3.05) is 5.73 Å². The highest BCUT2D eigenvalue weighted by Gasteiger charge is 2.33. The number of nitrogen functional groups attached to an aromatic ring is 1. The van der Waals surface area contributed by atoms with Gasteiger partial charge < -0.3 is 10.6 Å². The van der Waals surface area contributed by atoms with Gasteiger partial charge in [0.15, 0.2) is 0 Å². The number of aromatic nitrogens is 3. The smallest absolute Gasteiger partial charge is 0.150 e. The van der Waals surface area contributed by atoms with E-state index in [1.165, 1.54) is 0 Å². The average molecular weight is 482 g/mol. The molecular weight excluding hydrogens is 449 g/mol. The number of rotatable bonds is 7. The van der Waals surface area contributed by atoms with Gasteiger partial charge in [-0.1, -0.05) is 52.1 Å². The van der Waals surface area contributed by atoms with Crippen LogP contribution in [0.1, 0.15) is 62.4 Å². The lowest BCUT2D eigenvalue weighted by molar-refractivity contribution is 0.277. The number of anilines is 1. The van der Waals surface area contributed by atoms with E-state index in [0.29, 0.717) is 45.7 Å². The Hall–Kier alpha value is -3.93. The van der Waals surface area contributed by atoms with Crippen LogP contribution >= 0.6 is 0 Å². The van der Waals surface area contributed by atoms with Crippen molar-refractivity contribution >= 4 is 22.6 Å². The van der Waals surface area contributed by atoms with Gasteiger partial charge in [-0.25, -0.2) is 14.4 Å². The van der Waals surface area contributed by atoms with E-state index in [2.05, 4.69) is 38.6 Å². The Bertz CT molecular complexity index is 1450. The fourth-order valence-electron chi connectivity index (χ4n) is 5.47. The second kappa shape index (κ2) is 9.26. The van der Waals surface area contributed by atoms with Crippen LogP contribution in [0.2, 0.25) is 0 Å². The van der Waals surface area contributed by atoms with Crippen LogP contribution in [0.4, 0.5) is 10.2 Å². The van der Waals surface area contributed by atoms with Crippen LogP contribution in [-0.2, 0) is 0 Å². The first-order valence-corrected chi connectivity index (χ1v) is 12.5. The third-order valence-corrected chi connectivity index (χ3v) is 7.25. The molecule has 2 aromatic heterocycles. The summed E-state index contributed by atoms with van der Waals surface area (Å²) in [7, 11) is 0. The van der Waals surface area contributed by atoms with Crippen molar-refractivity contribution in [2.24, 2.45) is 5.92 Å². The standard InChI is InChI=1S/C30H32FN5/c1-6-9-20-17-36(22(8-3)10-7-2)19(5)25-23(20)11-12-24(26(25)31)27-28-29(32)33-13-14-35(28)30(34-27)21-15-18(4)16-21/h7-8,10-14,17-18,21H,2-3,5-6,9,15-16H2,1,4H3,(H2,32,33)/b22-10+. The highest BCUT2D eigenvalue weighted by atomic mass is 19.1. The molecule has 5 rings (SSSR count). The maximum atomic E-state index is 16.6. The average Bonchev–Trinajstić information content (AvgIpc) is 3.22. The Balaban J connectivity index is 1.72. The van der Waals surface area contributed by atoms with Gasteiger partial charge in [0, 0.05) is 47.0 Å². The molecule has 1 aliphatic heterocycles. The number of imidazole rings is 1. The van der Waals surface area contributed by atoms with Crippen molar-refractivity contribution < 1.29 is 4.39 Å². The summed E-state index contributed by atoms with van der Waals surface area (Å²) in [6, 6.07) is 3.79. The van der Waals surface area contributed by atoms with E-state index in [9.17, 15) is 0 Å². The molecule has 36 heavy (non-hydrogen) atoms. The molecule has 3 heterocycles. The molecule has 3 aromatic rings. The summed E-state index contributed by atoms with van der Waals surface area (Å²) in [6.07, 6.45) is 14.7. The van der Waals surface area contributed by atoms with E-state index >= 15 is 4.39 Å². The van der Waals surface area contributed by atoms with E-state index in [4.69, 9.17) is 10.7 Å². The minimum atomic E-state index is -0.358. The third kappa shape index (κ3) is 3.68. The zero-order chi connectivity index (χ0) is 25.6. The quantitative estimate of drug-likeness (QED) is 0.359. The SMILES string of the molecule is C=C/C=C(\C=C)N1C=C(CCC)c2ccc(-c3nc(C4CC(C)C4)n4ccnc(N)c34)c(F)c2C1=C. The fraction of sp³-hybridized carbons (Fsp3) is 0.267. The van der Waals surface area contributed by atoms with Crippen molar-refractivity contribution in [3.8, 4) is 11.3 Å². The molecule has 0 atom stereocenters. The molecule has 2 aliphatic rings. The van der Waals surface area contributed by atoms with Crippen LogP contribution < -0.4 is 5.73 Å². The Morgan fingerprint density at radius 2 is 2.00 bits per heavy atom. The van der Waals surface area contributed by atoms with Gasteiger partial charge in [0.05, 0.1) is 0 Å². The topological polar surface area (TPSA) is 59.5 Å². The molecule has 0 unspecified atom stereocenters. The maximum absolute atomic E-state index is 16.6. The molecule has 0 bridgehead atoms. The molecule has 0 saturated heterocycles. The summed E-state index contributed by atoms with van der Waals surface area (Å²) >= 11 is 0. The summed E-state index contributed by atoms with van der Waals surface area (Å²) in [6.45, 7) is 16.4. The third-order valence-electron chi connectivity index (χ3n) is 7.25. The first-order chi connectivity index (χ1) is 17.4. The first-order valence-electron chi connectivity index (χ1n) is 12.5. The molecule has 0 radical (unpaired) electrons. The number of nitrogens with two attached hydrogens (primary N) is 1. The van der Waals surface area contributed by atoms with Crippen LogP contribution in [0.5, 0.6) is 0 Å². The Morgan fingerprint density at radius 3 is 2.67 bits per heavy atom. The predicted molar refractivity (Wildman–Crippen MR) is 146 cm³/mol. The highest BCUT2D eigenvalue weighted by molar-refractivity contribution is 5.91. The lowest BCUT2D eigenvalue weighted by atomic mass is 9.76. The van der Waals surface area contributed by atoms with Crippen molar-refractivity contribution in [3.05, 3.63) is 97.2 Å². The van der Waals surface area contributed by atoms with Gasteiger partial charge in [0.25, 0.3) is 0 Å². The zero-order valence-corrected chi connectivity index (χ0v) is 21.0. The van der Waals surface area contributed by atoms with Gasteiger partial charge >= 0.3 is 0 Å². The second-order valence-electron chi connectivity index (χ2n) is 9.73. The minimum Gasteiger partial charge on any atom is -0.382 e. The van der Waals surface area contributed by atoms with E-state index in [1.54, 1.807) is 18.3 Å². The van der Waals surface area contributed by atoms with Crippen LogP contribution in [0.15, 0.2) is 74.4 Å².